The number of carbonyl (C=O) groups is 2. The number of hydrogen-bond donors (Lipinski definition) is 3. The molecule has 33 heavy (non-hydrogen) atoms. The summed E-state index contributed by atoms with van der Waals surface area (Å²) < 4.78 is 5.49. The molecule has 8 nitrogen and oxygen atoms in total. The van der Waals surface area contributed by atoms with Crippen molar-refractivity contribution in [3.63, 3.8) is 0 Å². The van der Waals surface area contributed by atoms with E-state index in [2.05, 4.69) is 27.8 Å². The molecule has 0 spiro atoms. The first kappa shape index (κ1) is 22.5. The number of benzene rings is 2. The third kappa shape index (κ3) is 5.77. The normalized spacial score (nSPS) is 18.0. The number of nitrogens with zero attached hydrogens (tertiary/aromatic N) is 2. The SMILES string of the molecule is CCc1ccccc1Nc1nnc(C(=O)Nc2ccc([C@H]3CC[C@H](CC(=O)O)CC3)cc2)o1. The van der Waals surface area contributed by atoms with Gasteiger partial charge in [0.05, 0.1) is 0 Å². The summed E-state index contributed by atoms with van der Waals surface area (Å²) in [6.45, 7) is 2.06. The highest BCUT2D eigenvalue weighted by atomic mass is 16.4. The Morgan fingerprint density at radius 2 is 1.76 bits per heavy atom. The van der Waals surface area contributed by atoms with Gasteiger partial charge in [-0.1, -0.05) is 42.4 Å². The number of aryl methyl sites for hydroxylation is 1. The number of rotatable bonds is 8. The van der Waals surface area contributed by atoms with Crippen LogP contribution in [0.2, 0.25) is 0 Å². The van der Waals surface area contributed by atoms with Gasteiger partial charge >= 0.3 is 23.8 Å². The summed E-state index contributed by atoms with van der Waals surface area (Å²) >= 11 is 0. The van der Waals surface area contributed by atoms with E-state index in [0.717, 1.165) is 43.4 Å². The smallest absolute Gasteiger partial charge is 0.320 e. The standard InChI is InChI=1S/C25H28N4O4/c1-2-17-5-3-4-6-21(17)27-25-29-28-24(33-25)23(32)26-20-13-11-19(12-14-20)18-9-7-16(8-10-18)15-22(30)31/h3-6,11-14,16,18H,2,7-10,15H2,1H3,(H,26,32)(H,27,29)(H,30,31)/t16-,18-. The maximum atomic E-state index is 12.5. The molecule has 0 atom stereocenters. The molecule has 1 fully saturated rings. The van der Waals surface area contributed by atoms with Crippen LogP contribution in [0.25, 0.3) is 0 Å². The molecule has 1 amide bonds. The Balaban J connectivity index is 1.32. The molecule has 1 aliphatic rings. The minimum absolute atomic E-state index is 0.118. The molecular weight excluding hydrogens is 420 g/mol. The molecule has 1 heterocycles. The van der Waals surface area contributed by atoms with Crippen molar-refractivity contribution in [2.75, 3.05) is 10.6 Å². The molecule has 172 valence electrons. The lowest BCUT2D eigenvalue weighted by Gasteiger charge is -2.28. The molecule has 0 aliphatic heterocycles. The zero-order valence-corrected chi connectivity index (χ0v) is 18.6. The van der Waals surface area contributed by atoms with E-state index >= 15 is 0 Å². The van der Waals surface area contributed by atoms with E-state index in [1.807, 2.05) is 48.5 Å². The van der Waals surface area contributed by atoms with Crippen molar-refractivity contribution >= 4 is 29.3 Å². The molecule has 1 saturated carbocycles. The first-order valence-electron chi connectivity index (χ1n) is 11.3. The van der Waals surface area contributed by atoms with Gasteiger partial charge in [0.15, 0.2) is 0 Å². The summed E-state index contributed by atoms with van der Waals surface area (Å²) in [5, 5.41) is 22.6. The van der Waals surface area contributed by atoms with Crippen LogP contribution in [0.3, 0.4) is 0 Å². The van der Waals surface area contributed by atoms with E-state index < -0.39 is 11.9 Å². The topological polar surface area (TPSA) is 117 Å². The average molecular weight is 449 g/mol. The molecule has 1 aromatic heterocycles. The third-order valence-electron chi connectivity index (χ3n) is 6.21. The van der Waals surface area contributed by atoms with Crippen molar-refractivity contribution in [2.24, 2.45) is 5.92 Å². The summed E-state index contributed by atoms with van der Waals surface area (Å²) in [4.78, 5) is 23.4. The largest absolute Gasteiger partial charge is 0.481 e. The molecule has 0 radical (unpaired) electrons. The number of carbonyl (C=O) groups excluding carboxylic acids is 1. The fourth-order valence-corrected chi connectivity index (χ4v) is 4.40. The molecule has 4 rings (SSSR count). The maximum Gasteiger partial charge on any atom is 0.320 e. The van der Waals surface area contributed by atoms with Crippen LogP contribution in [0.15, 0.2) is 52.9 Å². The predicted molar refractivity (Wildman–Crippen MR) is 125 cm³/mol. The van der Waals surface area contributed by atoms with Crippen molar-refractivity contribution in [1.82, 2.24) is 10.2 Å². The van der Waals surface area contributed by atoms with Gasteiger partial charge in [-0.25, -0.2) is 0 Å². The van der Waals surface area contributed by atoms with Gasteiger partial charge in [0.2, 0.25) is 0 Å². The van der Waals surface area contributed by atoms with Gasteiger partial charge in [-0.2, -0.15) is 0 Å². The fraction of sp³-hybridized carbons (Fsp3) is 0.360. The van der Waals surface area contributed by atoms with Crippen LogP contribution < -0.4 is 10.6 Å². The Kier molecular flexibility index (Phi) is 7.02. The number of aromatic nitrogens is 2. The number of nitrogens with one attached hydrogen (secondary N) is 2. The Hall–Kier alpha value is -3.68. The fourth-order valence-electron chi connectivity index (χ4n) is 4.40. The zero-order chi connectivity index (χ0) is 23.2. The number of carboxylic acid groups (broad SMARTS) is 1. The van der Waals surface area contributed by atoms with Gasteiger partial charge in [-0.3, -0.25) is 9.59 Å². The van der Waals surface area contributed by atoms with Crippen LogP contribution in [0.4, 0.5) is 17.4 Å². The first-order valence-corrected chi connectivity index (χ1v) is 11.3. The van der Waals surface area contributed by atoms with Crippen LogP contribution in [0, 0.1) is 5.92 Å². The molecular formula is C25H28N4O4. The highest BCUT2D eigenvalue weighted by Gasteiger charge is 2.24. The molecule has 1 aliphatic carbocycles. The lowest BCUT2D eigenvalue weighted by atomic mass is 9.77. The molecule has 3 N–H and O–H groups in total. The monoisotopic (exact) mass is 448 g/mol. The van der Waals surface area contributed by atoms with Crippen LogP contribution in [-0.2, 0) is 11.2 Å². The Bertz CT molecular complexity index is 1100. The number of para-hydroxylation sites is 1. The van der Waals surface area contributed by atoms with Crippen LogP contribution in [0.1, 0.15) is 66.8 Å². The Morgan fingerprint density at radius 3 is 2.45 bits per heavy atom. The number of aliphatic carboxylic acids is 1. The maximum absolute atomic E-state index is 12.5. The van der Waals surface area contributed by atoms with E-state index in [1.54, 1.807) is 0 Å². The van der Waals surface area contributed by atoms with Crippen LogP contribution in [0.5, 0.6) is 0 Å². The van der Waals surface area contributed by atoms with Crippen LogP contribution >= 0.6 is 0 Å². The summed E-state index contributed by atoms with van der Waals surface area (Å²) in [5.74, 6) is -0.598. The van der Waals surface area contributed by atoms with Gasteiger partial charge in [0, 0.05) is 17.8 Å². The second-order valence-electron chi connectivity index (χ2n) is 8.44. The molecule has 0 unspecified atom stereocenters. The summed E-state index contributed by atoms with van der Waals surface area (Å²) in [5.41, 5.74) is 3.83. The Labute approximate surface area is 192 Å². The molecule has 0 saturated heterocycles. The second kappa shape index (κ2) is 10.3. The second-order valence-corrected chi connectivity index (χ2v) is 8.44. The van der Waals surface area contributed by atoms with Crippen molar-refractivity contribution in [2.45, 2.75) is 51.4 Å². The van der Waals surface area contributed by atoms with Gasteiger partial charge in [-0.15, -0.1) is 5.10 Å². The van der Waals surface area contributed by atoms with E-state index in [0.29, 0.717) is 11.6 Å². The number of anilines is 3. The summed E-state index contributed by atoms with van der Waals surface area (Å²) in [6, 6.07) is 15.7. The predicted octanol–water partition coefficient (Wildman–Crippen LogP) is 5.38. The highest BCUT2D eigenvalue weighted by Crippen LogP contribution is 2.37. The quantitative estimate of drug-likeness (QED) is 0.424. The van der Waals surface area contributed by atoms with Crippen LogP contribution in [-0.4, -0.2) is 27.2 Å². The Morgan fingerprint density at radius 1 is 1.03 bits per heavy atom. The van der Waals surface area contributed by atoms with Crippen molar-refractivity contribution in [3.05, 3.63) is 65.5 Å². The average Bonchev–Trinajstić information content (AvgIpc) is 3.29. The molecule has 2 aromatic carbocycles. The van der Waals surface area contributed by atoms with Gasteiger partial charge in [0.1, 0.15) is 0 Å². The number of carboxylic acids is 1. The van der Waals surface area contributed by atoms with E-state index in [4.69, 9.17) is 9.52 Å². The van der Waals surface area contributed by atoms with Crippen molar-refractivity contribution < 1.29 is 19.1 Å². The van der Waals surface area contributed by atoms with Gasteiger partial charge in [0.25, 0.3) is 0 Å². The summed E-state index contributed by atoms with van der Waals surface area (Å²) in [7, 11) is 0. The summed E-state index contributed by atoms with van der Waals surface area (Å²) in [6.07, 6.45) is 4.96. The van der Waals surface area contributed by atoms with Crippen molar-refractivity contribution in [3.8, 4) is 0 Å². The van der Waals surface area contributed by atoms with Gasteiger partial charge < -0.3 is 20.2 Å². The third-order valence-corrected chi connectivity index (χ3v) is 6.21. The lowest BCUT2D eigenvalue weighted by Crippen LogP contribution is -2.16. The molecule has 8 heteroatoms. The van der Waals surface area contributed by atoms with E-state index in [-0.39, 0.29) is 24.2 Å². The van der Waals surface area contributed by atoms with Crippen molar-refractivity contribution in [1.29, 1.82) is 0 Å². The minimum Gasteiger partial charge on any atom is -0.481 e. The van der Waals surface area contributed by atoms with E-state index in [1.165, 1.54) is 5.56 Å². The first-order chi connectivity index (χ1) is 16.0. The molecule has 3 aromatic rings. The van der Waals surface area contributed by atoms with Gasteiger partial charge in [-0.05, 0) is 73.3 Å². The van der Waals surface area contributed by atoms with E-state index in [9.17, 15) is 9.59 Å². The lowest BCUT2D eigenvalue weighted by molar-refractivity contribution is -0.138. The minimum atomic E-state index is -0.714. The highest BCUT2D eigenvalue weighted by molar-refractivity contribution is 6.00. The number of amides is 1. The number of hydrogen-bond acceptors (Lipinski definition) is 6. The zero-order valence-electron chi connectivity index (χ0n) is 18.6. The molecule has 0 bridgehead atoms.